The molecule has 0 bridgehead atoms. The van der Waals surface area contributed by atoms with Gasteiger partial charge in [0.1, 0.15) is 5.82 Å². The Morgan fingerprint density at radius 2 is 2.33 bits per heavy atom. The van der Waals surface area contributed by atoms with Crippen LogP contribution in [0.25, 0.3) is 0 Å². The molecule has 3 N–H and O–H groups in total. The van der Waals surface area contributed by atoms with Gasteiger partial charge in [0.15, 0.2) is 0 Å². The van der Waals surface area contributed by atoms with Gasteiger partial charge in [-0.15, -0.1) is 0 Å². The molecule has 0 saturated carbocycles. The van der Waals surface area contributed by atoms with Crippen molar-refractivity contribution in [3.05, 3.63) is 17.8 Å². The van der Waals surface area contributed by atoms with Gasteiger partial charge < -0.3 is 15.7 Å². The van der Waals surface area contributed by atoms with E-state index in [-0.39, 0.29) is 16.0 Å². The Balaban J connectivity index is 2.28. The molecule has 6 heteroatoms. The zero-order chi connectivity index (χ0) is 13.3. The molecule has 2 rings (SSSR count). The molecule has 1 aromatic heterocycles. The van der Waals surface area contributed by atoms with Crippen molar-refractivity contribution in [1.82, 2.24) is 4.98 Å². The number of carbonyl (C=O) groups is 1. The average Bonchev–Trinajstić information content (AvgIpc) is 2.27. The van der Waals surface area contributed by atoms with Gasteiger partial charge in [0.05, 0.1) is 17.4 Å². The smallest absolute Gasteiger partial charge is 0.337 e. The van der Waals surface area contributed by atoms with E-state index in [1.807, 2.05) is 11.8 Å². The summed E-state index contributed by atoms with van der Waals surface area (Å²) in [6, 6.07) is 1.56. The Labute approximate surface area is 110 Å². The maximum Gasteiger partial charge on any atom is 0.337 e. The molecule has 0 radical (unpaired) electrons. The molecule has 2 heterocycles. The van der Waals surface area contributed by atoms with E-state index in [9.17, 15) is 4.79 Å². The molecule has 0 spiro atoms. The van der Waals surface area contributed by atoms with Crippen molar-refractivity contribution in [3.63, 3.8) is 0 Å². The molecular weight excluding hydrogens is 250 g/mol. The molecule has 1 fully saturated rings. The highest BCUT2D eigenvalue weighted by molar-refractivity contribution is 8.00. The van der Waals surface area contributed by atoms with Gasteiger partial charge in [-0.2, -0.15) is 11.8 Å². The van der Waals surface area contributed by atoms with Crippen LogP contribution in [-0.4, -0.2) is 39.6 Å². The summed E-state index contributed by atoms with van der Waals surface area (Å²) in [5.74, 6) is 0.693. The van der Waals surface area contributed by atoms with Gasteiger partial charge in [-0.05, 0) is 19.9 Å². The number of carboxylic acids is 1. The van der Waals surface area contributed by atoms with Crippen molar-refractivity contribution >= 4 is 29.2 Å². The maximum atomic E-state index is 11.1. The Hall–Kier alpha value is -1.43. The van der Waals surface area contributed by atoms with Gasteiger partial charge in [-0.1, -0.05) is 0 Å². The lowest BCUT2D eigenvalue weighted by Gasteiger charge is -2.38. The van der Waals surface area contributed by atoms with Crippen LogP contribution >= 0.6 is 11.8 Å². The van der Waals surface area contributed by atoms with E-state index in [2.05, 4.69) is 23.7 Å². The standard InChI is InChI=1S/C12H17N3O2S/c1-12(2)7-15(3-4-18-12)10-5-8(11(16)17)9(13)6-14-10/h5-6H,3-4,7,13H2,1-2H3,(H,16,17). The Morgan fingerprint density at radius 1 is 1.61 bits per heavy atom. The van der Waals surface area contributed by atoms with E-state index in [1.54, 1.807) is 6.07 Å². The number of anilines is 2. The van der Waals surface area contributed by atoms with Gasteiger partial charge in [-0.25, -0.2) is 9.78 Å². The van der Waals surface area contributed by atoms with Crippen LogP contribution < -0.4 is 10.6 Å². The number of nitrogens with zero attached hydrogens (tertiary/aromatic N) is 2. The number of rotatable bonds is 2. The van der Waals surface area contributed by atoms with Crippen LogP contribution in [-0.2, 0) is 0 Å². The van der Waals surface area contributed by atoms with Crippen molar-refractivity contribution in [2.24, 2.45) is 0 Å². The summed E-state index contributed by atoms with van der Waals surface area (Å²) in [4.78, 5) is 17.4. The molecule has 18 heavy (non-hydrogen) atoms. The first-order valence-electron chi connectivity index (χ1n) is 5.77. The van der Waals surface area contributed by atoms with Crippen molar-refractivity contribution in [2.45, 2.75) is 18.6 Å². The number of aromatic nitrogens is 1. The number of nitrogen functional groups attached to an aromatic ring is 1. The first kappa shape index (κ1) is 13.0. The molecule has 0 aromatic carbocycles. The van der Waals surface area contributed by atoms with Crippen LogP contribution in [0.15, 0.2) is 12.3 Å². The van der Waals surface area contributed by atoms with Gasteiger partial charge in [0.2, 0.25) is 0 Å². The van der Waals surface area contributed by atoms with Gasteiger partial charge in [-0.3, -0.25) is 0 Å². The van der Waals surface area contributed by atoms with Gasteiger partial charge in [0.25, 0.3) is 0 Å². The summed E-state index contributed by atoms with van der Waals surface area (Å²) in [6.07, 6.45) is 1.42. The molecule has 0 amide bonds. The molecule has 0 aliphatic carbocycles. The molecular formula is C12H17N3O2S. The first-order valence-corrected chi connectivity index (χ1v) is 6.75. The Bertz CT molecular complexity index is 476. The topological polar surface area (TPSA) is 79.5 Å². The van der Waals surface area contributed by atoms with Crippen molar-refractivity contribution < 1.29 is 9.90 Å². The highest BCUT2D eigenvalue weighted by atomic mass is 32.2. The molecule has 0 unspecified atom stereocenters. The predicted octanol–water partition coefficient (Wildman–Crippen LogP) is 1.69. The van der Waals surface area contributed by atoms with Crippen molar-refractivity contribution in [1.29, 1.82) is 0 Å². The molecule has 1 saturated heterocycles. The second-order valence-electron chi connectivity index (χ2n) is 4.96. The normalized spacial score (nSPS) is 18.7. The lowest BCUT2D eigenvalue weighted by molar-refractivity contribution is 0.0698. The second-order valence-corrected chi connectivity index (χ2v) is 6.77. The van der Waals surface area contributed by atoms with Crippen molar-refractivity contribution in [2.75, 3.05) is 29.5 Å². The molecule has 0 atom stereocenters. The van der Waals surface area contributed by atoms with Crippen LogP contribution in [0, 0.1) is 0 Å². The molecule has 1 aliphatic rings. The number of pyridine rings is 1. The van der Waals surface area contributed by atoms with Gasteiger partial charge >= 0.3 is 5.97 Å². The third-order valence-corrected chi connectivity index (χ3v) is 4.20. The summed E-state index contributed by atoms with van der Waals surface area (Å²) in [7, 11) is 0. The number of nitrogens with two attached hydrogens (primary N) is 1. The minimum absolute atomic E-state index is 0.121. The zero-order valence-electron chi connectivity index (χ0n) is 10.5. The second kappa shape index (κ2) is 4.68. The van der Waals surface area contributed by atoms with Gasteiger partial charge in [0, 0.05) is 23.6 Å². The number of aromatic carboxylic acids is 1. The third kappa shape index (κ3) is 2.69. The maximum absolute atomic E-state index is 11.1. The number of hydrogen-bond donors (Lipinski definition) is 2. The SMILES string of the molecule is CC1(C)CN(c2cc(C(=O)O)c(N)cn2)CCS1. The zero-order valence-corrected chi connectivity index (χ0v) is 11.3. The largest absolute Gasteiger partial charge is 0.478 e. The summed E-state index contributed by atoms with van der Waals surface area (Å²) in [5, 5.41) is 9.06. The van der Waals surface area contributed by atoms with E-state index < -0.39 is 5.97 Å². The molecule has 1 aliphatic heterocycles. The monoisotopic (exact) mass is 267 g/mol. The quantitative estimate of drug-likeness (QED) is 0.849. The predicted molar refractivity (Wildman–Crippen MR) is 74.4 cm³/mol. The fraction of sp³-hybridized carbons (Fsp3) is 0.500. The summed E-state index contributed by atoms with van der Waals surface area (Å²) in [6.45, 7) is 6.09. The highest BCUT2D eigenvalue weighted by Crippen LogP contribution is 2.32. The minimum Gasteiger partial charge on any atom is -0.478 e. The minimum atomic E-state index is -1.01. The summed E-state index contributed by atoms with van der Waals surface area (Å²) >= 11 is 1.92. The first-order chi connectivity index (χ1) is 8.39. The molecule has 5 nitrogen and oxygen atoms in total. The lowest BCUT2D eigenvalue weighted by atomic mass is 10.1. The average molecular weight is 267 g/mol. The highest BCUT2D eigenvalue weighted by Gasteiger charge is 2.28. The van der Waals surface area contributed by atoms with Crippen LogP contribution in [0.3, 0.4) is 0 Å². The van der Waals surface area contributed by atoms with E-state index in [1.165, 1.54) is 6.20 Å². The van der Waals surface area contributed by atoms with Crippen LogP contribution in [0.2, 0.25) is 0 Å². The fourth-order valence-corrected chi connectivity index (χ4v) is 3.14. The van der Waals surface area contributed by atoms with Crippen LogP contribution in [0.4, 0.5) is 11.5 Å². The Kier molecular flexibility index (Phi) is 3.38. The van der Waals surface area contributed by atoms with Crippen LogP contribution in [0.5, 0.6) is 0 Å². The summed E-state index contributed by atoms with van der Waals surface area (Å²) in [5.41, 5.74) is 5.93. The number of thioether (sulfide) groups is 1. The third-order valence-electron chi connectivity index (χ3n) is 2.90. The van der Waals surface area contributed by atoms with E-state index in [4.69, 9.17) is 10.8 Å². The number of hydrogen-bond acceptors (Lipinski definition) is 5. The van der Waals surface area contributed by atoms with E-state index in [0.717, 1.165) is 18.8 Å². The fourth-order valence-electron chi connectivity index (χ4n) is 2.03. The molecule has 1 aromatic rings. The molecule has 98 valence electrons. The number of carboxylic acid groups (broad SMARTS) is 1. The van der Waals surface area contributed by atoms with Crippen LogP contribution in [0.1, 0.15) is 24.2 Å². The lowest BCUT2D eigenvalue weighted by Crippen LogP contribution is -2.43. The summed E-state index contributed by atoms with van der Waals surface area (Å²) < 4.78 is 0.157. The van der Waals surface area contributed by atoms with Crippen molar-refractivity contribution in [3.8, 4) is 0 Å². The van der Waals surface area contributed by atoms with E-state index >= 15 is 0 Å². The Morgan fingerprint density at radius 3 is 2.94 bits per heavy atom. The van der Waals surface area contributed by atoms with E-state index in [0.29, 0.717) is 5.82 Å².